The zero-order valence-corrected chi connectivity index (χ0v) is 17.8. The van der Waals surface area contributed by atoms with E-state index in [2.05, 4.69) is 0 Å². The van der Waals surface area contributed by atoms with Gasteiger partial charge >= 0.3 is 0 Å². The molecule has 0 fully saturated rings. The van der Waals surface area contributed by atoms with Crippen molar-refractivity contribution >= 4 is 27.3 Å². The molecule has 0 unspecified atom stereocenters. The van der Waals surface area contributed by atoms with Gasteiger partial charge in [0.05, 0.1) is 28.8 Å². The third-order valence-electron chi connectivity index (χ3n) is 4.69. The maximum atomic E-state index is 13.6. The minimum atomic E-state index is -4.03. The van der Waals surface area contributed by atoms with E-state index in [9.17, 15) is 12.8 Å². The van der Waals surface area contributed by atoms with Crippen LogP contribution in [0.2, 0.25) is 5.02 Å². The monoisotopic (exact) mass is 433 g/mol. The summed E-state index contributed by atoms with van der Waals surface area (Å²) < 4.78 is 47.2. The molecule has 0 bridgehead atoms. The Balaban J connectivity index is 2.15. The van der Waals surface area contributed by atoms with Crippen molar-refractivity contribution in [1.29, 1.82) is 0 Å². The summed E-state index contributed by atoms with van der Waals surface area (Å²) in [6.07, 6.45) is 0. The molecule has 3 rings (SSSR count). The molecular weight excluding hydrogens is 413 g/mol. The van der Waals surface area contributed by atoms with E-state index in [0.29, 0.717) is 11.4 Å². The number of ether oxygens (including phenoxy) is 1. The molecule has 7 heteroatoms. The Morgan fingerprint density at radius 2 is 1.62 bits per heavy atom. The number of rotatable bonds is 6. The van der Waals surface area contributed by atoms with Crippen LogP contribution in [0, 0.1) is 12.7 Å². The van der Waals surface area contributed by atoms with Crippen LogP contribution in [0.25, 0.3) is 0 Å². The van der Waals surface area contributed by atoms with Gasteiger partial charge < -0.3 is 4.74 Å². The number of aryl methyl sites for hydroxylation is 1. The molecule has 0 N–H and O–H groups in total. The highest BCUT2D eigenvalue weighted by molar-refractivity contribution is 7.92. The maximum Gasteiger partial charge on any atom is 0.264 e. The molecule has 0 aliphatic heterocycles. The lowest BCUT2D eigenvalue weighted by Crippen LogP contribution is -2.33. The van der Waals surface area contributed by atoms with Gasteiger partial charge in [-0.05, 0) is 61.9 Å². The molecule has 0 saturated heterocycles. The number of nitrogens with zero attached hydrogens (tertiary/aromatic N) is 1. The Labute approximate surface area is 175 Å². The maximum absolute atomic E-state index is 13.6. The summed E-state index contributed by atoms with van der Waals surface area (Å²) in [6.45, 7) is 3.77. The second kappa shape index (κ2) is 8.43. The highest BCUT2D eigenvalue weighted by atomic mass is 35.5. The van der Waals surface area contributed by atoms with E-state index in [0.717, 1.165) is 23.3 Å². The molecule has 4 nitrogen and oxygen atoms in total. The molecule has 0 amide bonds. The Hall–Kier alpha value is -2.57. The third kappa shape index (κ3) is 4.38. The molecule has 152 valence electrons. The summed E-state index contributed by atoms with van der Waals surface area (Å²) >= 11 is 5.85. The van der Waals surface area contributed by atoms with Crippen molar-refractivity contribution in [3.8, 4) is 5.75 Å². The number of anilines is 1. The smallest absolute Gasteiger partial charge is 0.264 e. The van der Waals surface area contributed by atoms with Crippen molar-refractivity contribution in [2.75, 3.05) is 11.4 Å². The molecule has 0 aromatic heterocycles. The van der Waals surface area contributed by atoms with Crippen molar-refractivity contribution in [3.05, 3.63) is 88.7 Å². The molecule has 0 aliphatic carbocycles. The second-order valence-electron chi connectivity index (χ2n) is 6.66. The first kappa shape index (κ1) is 21.1. The summed E-state index contributed by atoms with van der Waals surface area (Å²) in [5.74, 6) is -0.0629. The fraction of sp³-hybridized carbons (Fsp3) is 0.182. The highest BCUT2D eigenvalue weighted by Gasteiger charge is 2.31. The quantitative estimate of drug-likeness (QED) is 0.497. The fourth-order valence-corrected chi connectivity index (χ4v) is 4.95. The topological polar surface area (TPSA) is 46.6 Å². The summed E-state index contributed by atoms with van der Waals surface area (Å²) in [5, 5.41) is -0.247. The molecule has 0 spiro atoms. The van der Waals surface area contributed by atoms with E-state index in [1.807, 2.05) is 31.2 Å². The van der Waals surface area contributed by atoms with Gasteiger partial charge in [-0.15, -0.1) is 0 Å². The SMILES string of the molecule is COc1ccc(N([C@@H](C)c2ccc(C)cc2)S(=O)(=O)c2ccc(F)c(Cl)c2)cc1. The number of sulfonamides is 1. The Morgan fingerprint density at radius 1 is 1.00 bits per heavy atom. The van der Waals surface area contributed by atoms with Crippen LogP contribution in [0.5, 0.6) is 5.75 Å². The van der Waals surface area contributed by atoms with Gasteiger partial charge in [0.1, 0.15) is 11.6 Å². The van der Waals surface area contributed by atoms with Crippen LogP contribution in [0.15, 0.2) is 71.6 Å². The Kier molecular flexibility index (Phi) is 6.15. The first-order valence-electron chi connectivity index (χ1n) is 8.94. The predicted octanol–water partition coefficient (Wildman–Crippen LogP) is 5.75. The molecule has 3 aromatic rings. The lowest BCUT2D eigenvalue weighted by Gasteiger charge is -2.31. The largest absolute Gasteiger partial charge is 0.497 e. The van der Waals surface area contributed by atoms with Crippen LogP contribution in [0.4, 0.5) is 10.1 Å². The summed E-state index contributed by atoms with van der Waals surface area (Å²) in [6, 6.07) is 17.3. The molecule has 29 heavy (non-hydrogen) atoms. The van der Waals surface area contributed by atoms with Gasteiger partial charge in [-0.2, -0.15) is 0 Å². The number of hydrogen-bond acceptors (Lipinski definition) is 3. The van der Waals surface area contributed by atoms with Gasteiger partial charge in [0, 0.05) is 0 Å². The third-order valence-corrected chi connectivity index (χ3v) is 6.87. The second-order valence-corrected chi connectivity index (χ2v) is 8.88. The van der Waals surface area contributed by atoms with E-state index >= 15 is 0 Å². The van der Waals surface area contributed by atoms with Crippen molar-refractivity contribution in [1.82, 2.24) is 0 Å². The summed E-state index contributed by atoms with van der Waals surface area (Å²) in [5.41, 5.74) is 2.35. The van der Waals surface area contributed by atoms with E-state index in [1.165, 1.54) is 10.4 Å². The lowest BCUT2D eigenvalue weighted by molar-refractivity contribution is 0.415. The highest BCUT2D eigenvalue weighted by Crippen LogP contribution is 2.35. The molecule has 0 heterocycles. The van der Waals surface area contributed by atoms with E-state index in [4.69, 9.17) is 16.3 Å². The van der Waals surface area contributed by atoms with Crippen LogP contribution in [-0.2, 0) is 10.0 Å². The number of benzene rings is 3. The standard InChI is InChI=1S/C22H21ClFNO3S/c1-15-4-6-17(7-5-15)16(2)25(18-8-10-19(28-3)11-9-18)29(26,27)20-12-13-22(24)21(23)14-20/h4-14,16H,1-3H3/t16-/m0/s1. The molecular formula is C22H21ClFNO3S. The van der Waals surface area contributed by atoms with Crippen molar-refractivity contribution in [2.45, 2.75) is 24.8 Å². The van der Waals surface area contributed by atoms with Crippen LogP contribution in [0.1, 0.15) is 24.1 Å². The van der Waals surface area contributed by atoms with Crippen LogP contribution in [0.3, 0.4) is 0 Å². The Bertz CT molecular complexity index is 1100. The lowest BCUT2D eigenvalue weighted by atomic mass is 10.1. The minimum absolute atomic E-state index is 0.0846. The zero-order valence-electron chi connectivity index (χ0n) is 16.3. The van der Waals surface area contributed by atoms with Gasteiger partial charge in [0.15, 0.2) is 0 Å². The van der Waals surface area contributed by atoms with E-state index in [1.54, 1.807) is 38.3 Å². The first-order valence-corrected chi connectivity index (χ1v) is 10.8. The van der Waals surface area contributed by atoms with Crippen molar-refractivity contribution < 1.29 is 17.5 Å². The average molecular weight is 434 g/mol. The number of hydrogen-bond donors (Lipinski definition) is 0. The van der Waals surface area contributed by atoms with Gasteiger partial charge in [-0.3, -0.25) is 4.31 Å². The fourth-order valence-electron chi connectivity index (χ4n) is 3.03. The van der Waals surface area contributed by atoms with Crippen LogP contribution in [-0.4, -0.2) is 15.5 Å². The van der Waals surface area contributed by atoms with Crippen LogP contribution < -0.4 is 9.04 Å². The summed E-state index contributed by atoms with van der Waals surface area (Å²) in [7, 11) is -2.49. The minimum Gasteiger partial charge on any atom is -0.497 e. The zero-order chi connectivity index (χ0) is 21.2. The van der Waals surface area contributed by atoms with Crippen LogP contribution >= 0.6 is 11.6 Å². The Morgan fingerprint density at radius 3 is 2.17 bits per heavy atom. The van der Waals surface area contributed by atoms with Crippen molar-refractivity contribution in [2.24, 2.45) is 0 Å². The molecule has 0 aliphatic rings. The summed E-state index contributed by atoms with van der Waals surface area (Å²) in [4.78, 5) is -0.0846. The first-order chi connectivity index (χ1) is 13.7. The number of halogens is 2. The average Bonchev–Trinajstić information content (AvgIpc) is 2.71. The molecule has 1 atom stereocenters. The van der Waals surface area contributed by atoms with E-state index in [-0.39, 0.29) is 9.92 Å². The molecule has 3 aromatic carbocycles. The van der Waals surface area contributed by atoms with Gasteiger partial charge in [0.25, 0.3) is 10.0 Å². The molecule has 0 saturated carbocycles. The number of methoxy groups -OCH3 is 1. The van der Waals surface area contributed by atoms with E-state index < -0.39 is 21.9 Å². The van der Waals surface area contributed by atoms with Gasteiger partial charge in [-0.25, -0.2) is 12.8 Å². The molecule has 0 radical (unpaired) electrons. The van der Waals surface area contributed by atoms with Gasteiger partial charge in [-0.1, -0.05) is 41.4 Å². The van der Waals surface area contributed by atoms with Crippen molar-refractivity contribution in [3.63, 3.8) is 0 Å². The predicted molar refractivity (Wildman–Crippen MR) is 114 cm³/mol. The van der Waals surface area contributed by atoms with Gasteiger partial charge in [0.2, 0.25) is 0 Å². The normalized spacial score (nSPS) is 12.4.